The number of fused-ring (bicyclic) bond motifs is 1. The second-order valence-electron chi connectivity index (χ2n) is 6.48. The van der Waals surface area contributed by atoms with E-state index in [1.165, 1.54) is 0 Å². The molecule has 5 nitrogen and oxygen atoms in total. The first-order chi connectivity index (χ1) is 10.6. The molecule has 6 heteroatoms. The number of nitrogens with one attached hydrogen (secondary N) is 2. The minimum atomic E-state index is -0.597. The van der Waals surface area contributed by atoms with Crippen molar-refractivity contribution in [2.24, 2.45) is 0 Å². The normalized spacial score (nSPS) is 18.0. The van der Waals surface area contributed by atoms with E-state index in [0.29, 0.717) is 13.2 Å². The van der Waals surface area contributed by atoms with Crippen LogP contribution < -0.4 is 20.1 Å². The smallest absolute Gasteiger partial charge is 0.230 e. The molecule has 0 aromatic heterocycles. The Balaban J connectivity index is 0.00000192. The van der Waals surface area contributed by atoms with Crippen LogP contribution in [0, 0.1) is 0 Å². The molecule has 3 rings (SSSR count). The van der Waals surface area contributed by atoms with Gasteiger partial charge in [0.2, 0.25) is 5.91 Å². The van der Waals surface area contributed by atoms with E-state index >= 15 is 0 Å². The summed E-state index contributed by atoms with van der Waals surface area (Å²) < 4.78 is 11.2. The van der Waals surface area contributed by atoms with Crippen molar-refractivity contribution >= 4 is 18.3 Å². The van der Waals surface area contributed by atoms with Crippen molar-refractivity contribution in [3.63, 3.8) is 0 Å². The highest BCUT2D eigenvalue weighted by molar-refractivity contribution is 5.87. The van der Waals surface area contributed by atoms with E-state index in [-0.39, 0.29) is 24.4 Å². The summed E-state index contributed by atoms with van der Waals surface area (Å²) >= 11 is 0. The van der Waals surface area contributed by atoms with Gasteiger partial charge in [-0.2, -0.15) is 0 Å². The fourth-order valence-electron chi connectivity index (χ4n) is 2.90. The molecule has 2 heterocycles. The van der Waals surface area contributed by atoms with Crippen molar-refractivity contribution in [1.29, 1.82) is 0 Å². The molecule has 0 atom stereocenters. The topological polar surface area (TPSA) is 59.6 Å². The van der Waals surface area contributed by atoms with E-state index in [4.69, 9.17) is 9.47 Å². The first-order valence-electron chi connectivity index (χ1n) is 7.99. The zero-order chi connectivity index (χ0) is 15.6. The zero-order valence-corrected chi connectivity index (χ0v) is 14.5. The monoisotopic (exact) mass is 340 g/mol. The first-order valence-corrected chi connectivity index (χ1v) is 7.99. The molecule has 2 N–H and O–H groups in total. The van der Waals surface area contributed by atoms with Gasteiger partial charge in [-0.05, 0) is 57.5 Å². The van der Waals surface area contributed by atoms with Crippen molar-refractivity contribution in [2.75, 3.05) is 26.3 Å². The molecule has 128 valence electrons. The first kappa shape index (κ1) is 17.9. The second kappa shape index (κ2) is 7.41. The summed E-state index contributed by atoms with van der Waals surface area (Å²) in [5, 5.41) is 6.50. The average Bonchev–Trinajstić information content (AvgIpc) is 2.55. The van der Waals surface area contributed by atoms with Crippen LogP contribution >= 0.6 is 12.4 Å². The number of hydrogen-bond donors (Lipinski definition) is 2. The van der Waals surface area contributed by atoms with Gasteiger partial charge >= 0.3 is 0 Å². The third-order valence-corrected chi connectivity index (χ3v) is 4.51. The van der Waals surface area contributed by atoms with Gasteiger partial charge in [0.05, 0.1) is 5.41 Å². The molecule has 0 aliphatic carbocycles. The van der Waals surface area contributed by atoms with Gasteiger partial charge in [-0.15, -0.1) is 12.4 Å². The highest BCUT2D eigenvalue weighted by Gasteiger charge is 2.32. The number of halogens is 1. The van der Waals surface area contributed by atoms with Crippen LogP contribution in [0.25, 0.3) is 0 Å². The van der Waals surface area contributed by atoms with Gasteiger partial charge in [0.15, 0.2) is 11.5 Å². The molecule has 0 bridgehead atoms. The Bertz CT molecular complexity index is 557. The number of ether oxygens (including phenoxy) is 2. The number of amides is 1. The van der Waals surface area contributed by atoms with E-state index in [1.54, 1.807) is 0 Å². The predicted octanol–water partition coefficient (Wildman–Crippen LogP) is 2.03. The molecule has 1 fully saturated rings. The lowest BCUT2D eigenvalue weighted by Crippen LogP contribution is -2.48. The predicted molar refractivity (Wildman–Crippen MR) is 91.7 cm³/mol. The third-order valence-electron chi connectivity index (χ3n) is 4.51. The maximum Gasteiger partial charge on any atom is 0.230 e. The Morgan fingerprint density at radius 2 is 1.83 bits per heavy atom. The summed E-state index contributed by atoms with van der Waals surface area (Å²) in [5.41, 5.74) is 0.351. The Hall–Kier alpha value is -1.46. The molecule has 0 unspecified atom stereocenters. The number of rotatable bonds is 3. The Morgan fingerprint density at radius 3 is 2.52 bits per heavy atom. The summed E-state index contributed by atoms with van der Waals surface area (Å²) in [5.74, 6) is 1.55. The van der Waals surface area contributed by atoms with Crippen molar-refractivity contribution in [1.82, 2.24) is 10.6 Å². The fraction of sp³-hybridized carbons (Fsp3) is 0.588. The van der Waals surface area contributed by atoms with Crippen molar-refractivity contribution in [3.8, 4) is 11.5 Å². The lowest BCUT2D eigenvalue weighted by atomic mass is 9.83. The van der Waals surface area contributed by atoms with Gasteiger partial charge in [0.25, 0.3) is 0 Å². The summed E-state index contributed by atoms with van der Waals surface area (Å²) in [6.07, 6.45) is 1.98. The van der Waals surface area contributed by atoms with Crippen LogP contribution in [0.4, 0.5) is 0 Å². The number of piperidine rings is 1. The van der Waals surface area contributed by atoms with Gasteiger partial charge < -0.3 is 20.1 Å². The molecular weight excluding hydrogens is 316 g/mol. The van der Waals surface area contributed by atoms with E-state index in [9.17, 15) is 4.79 Å². The highest BCUT2D eigenvalue weighted by atomic mass is 35.5. The largest absolute Gasteiger partial charge is 0.486 e. The van der Waals surface area contributed by atoms with E-state index in [2.05, 4.69) is 10.6 Å². The minimum Gasteiger partial charge on any atom is -0.486 e. The Labute approximate surface area is 143 Å². The quantitative estimate of drug-likeness (QED) is 0.884. The van der Waals surface area contributed by atoms with Gasteiger partial charge in [0.1, 0.15) is 13.2 Å². The Kier molecular flexibility index (Phi) is 5.76. The van der Waals surface area contributed by atoms with Crippen LogP contribution in [-0.4, -0.2) is 38.3 Å². The molecule has 1 saturated heterocycles. The van der Waals surface area contributed by atoms with Crippen LogP contribution in [0.3, 0.4) is 0 Å². The zero-order valence-electron chi connectivity index (χ0n) is 13.7. The van der Waals surface area contributed by atoms with Crippen LogP contribution in [-0.2, 0) is 10.2 Å². The molecule has 0 saturated carbocycles. The van der Waals surface area contributed by atoms with Crippen LogP contribution in [0.2, 0.25) is 0 Å². The lowest BCUT2D eigenvalue weighted by molar-refractivity contribution is -0.126. The Morgan fingerprint density at radius 1 is 1.17 bits per heavy atom. The van der Waals surface area contributed by atoms with Crippen molar-refractivity contribution < 1.29 is 14.3 Å². The molecule has 0 radical (unpaired) electrons. The van der Waals surface area contributed by atoms with Crippen LogP contribution in [0.5, 0.6) is 11.5 Å². The van der Waals surface area contributed by atoms with Gasteiger partial charge in [-0.1, -0.05) is 6.07 Å². The van der Waals surface area contributed by atoms with E-state index < -0.39 is 5.41 Å². The molecule has 1 amide bonds. The standard InChI is InChI=1S/C17H24N2O3.ClH/c1-17(2,16(20)19-13-5-7-18-8-6-13)12-3-4-14-15(11-12)22-10-9-21-14;/h3-4,11,13,18H,5-10H2,1-2H3,(H,19,20);1H. The number of benzene rings is 1. The van der Waals surface area contributed by atoms with Crippen LogP contribution in [0.1, 0.15) is 32.3 Å². The summed E-state index contributed by atoms with van der Waals surface area (Å²) in [6.45, 7) is 6.97. The second-order valence-corrected chi connectivity index (χ2v) is 6.48. The van der Waals surface area contributed by atoms with Crippen molar-refractivity contribution in [2.45, 2.75) is 38.1 Å². The SMILES string of the molecule is CC(C)(C(=O)NC1CCNCC1)c1ccc2c(c1)OCCO2.Cl. The fourth-order valence-corrected chi connectivity index (χ4v) is 2.90. The molecule has 23 heavy (non-hydrogen) atoms. The number of hydrogen-bond acceptors (Lipinski definition) is 4. The summed E-state index contributed by atoms with van der Waals surface area (Å²) in [7, 11) is 0. The number of carbonyl (C=O) groups excluding carboxylic acids is 1. The minimum absolute atomic E-state index is 0. The van der Waals surface area contributed by atoms with E-state index in [1.807, 2.05) is 32.0 Å². The molecular formula is C17H25ClN2O3. The molecule has 1 aromatic rings. The molecule has 0 spiro atoms. The third kappa shape index (κ3) is 3.90. The summed E-state index contributed by atoms with van der Waals surface area (Å²) in [6, 6.07) is 6.04. The lowest BCUT2D eigenvalue weighted by Gasteiger charge is -2.30. The van der Waals surface area contributed by atoms with Crippen molar-refractivity contribution in [3.05, 3.63) is 23.8 Å². The van der Waals surface area contributed by atoms with Gasteiger partial charge in [-0.3, -0.25) is 4.79 Å². The summed E-state index contributed by atoms with van der Waals surface area (Å²) in [4.78, 5) is 12.7. The molecule has 2 aliphatic heterocycles. The van der Waals surface area contributed by atoms with Gasteiger partial charge in [-0.25, -0.2) is 0 Å². The maximum atomic E-state index is 12.7. The molecule has 2 aliphatic rings. The average molecular weight is 341 g/mol. The van der Waals surface area contributed by atoms with Crippen LogP contribution in [0.15, 0.2) is 18.2 Å². The highest BCUT2D eigenvalue weighted by Crippen LogP contribution is 2.35. The molecule has 1 aromatic carbocycles. The van der Waals surface area contributed by atoms with E-state index in [0.717, 1.165) is 43.0 Å². The van der Waals surface area contributed by atoms with Gasteiger partial charge in [0, 0.05) is 6.04 Å². The maximum absolute atomic E-state index is 12.7. The number of carbonyl (C=O) groups is 1.